The van der Waals surface area contributed by atoms with Crippen molar-refractivity contribution in [3.63, 3.8) is 0 Å². The Labute approximate surface area is 108 Å². The molecule has 0 bridgehead atoms. The Morgan fingerprint density at radius 3 is 2.89 bits per heavy atom. The number of nitrogens with zero attached hydrogens (tertiary/aromatic N) is 2. The molecule has 2 aromatic rings. The molecule has 1 aliphatic rings. The van der Waals surface area contributed by atoms with E-state index in [1.54, 1.807) is 0 Å². The Morgan fingerprint density at radius 1 is 1.33 bits per heavy atom. The van der Waals surface area contributed by atoms with Gasteiger partial charge in [0, 0.05) is 6.54 Å². The van der Waals surface area contributed by atoms with Crippen molar-refractivity contribution in [3.05, 3.63) is 30.1 Å². The van der Waals surface area contributed by atoms with Gasteiger partial charge >= 0.3 is 0 Å². The number of aryl methyl sites for hydroxylation is 1. The molecular formula is C15H21N3. The van der Waals surface area contributed by atoms with Gasteiger partial charge in [-0.2, -0.15) is 0 Å². The number of para-hydroxylation sites is 2. The normalized spacial score (nSPS) is 24.6. The molecule has 0 amide bonds. The van der Waals surface area contributed by atoms with Crippen LogP contribution < -0.4 is 5.32 Å². The Balaban J connectivity index is 2.15. The number of nitrogens with one attached hydrogen (secondary N) is 1. The highest BCUT2D eigenvalue weighted by molar-refractivity contribution is 5.76. The summed E-state index contributed by atoms with van der Waals surface area (Å²) >= 11 is 0. The number of rotatable bonds is 2. The average Bonchev–Trinajstić information content (AvgIpc) is 2.79. The van der Waals surface area contributed by atoms with Crippen LogP contribution in [0.3, 0.4) is 0 Å². The molecule has 0 radical (unpaired) electrons. The average molecular weight is 243 g/mol. The van der Waals surface area contributed by atoms with Gasteiger partial charge < -0.3 is 9.88 Å². The van der Waals surface area contributed by atoms with E-state index < -0.39 is 0 Å². The smallest absolute Gasteiger partial charge is 0.129 e. The Kier molecular flexibility index (Phi) is 2.86. The predicted molar refractivity (Wildman–Crippen MR) is 74.6 cm³/mol. The summed E-state index contributed by atoms with van der Waals surface area (Å²) in [5.41, 5.74) is 2.40. The number of fused-ring (bicyclic) bond motifs is 1. The van der Waals surface area contributed by atoms with Crippen LogP contribution in [0, 0.1) is 0 Å². The van der Waals surface area contributed by atoms with Gasteiger partial charge in [-0.15, -0.1) is 0 Å². The number of imidazole rings is 1. The number of aromatic nitrogens is 2. The summed E-state index contributed by atoms with van der Waals surface area (Å²) in [5.74, 6) is 1.20. The fourth-order valence-corrected chi connectivity index (χ4v) is 3.06. The van der Waals surface area contributed by atoms with Crippen molar-refractivity contribution in [2.45, 2.75) is 45.2 Å². The van der Waals surface area contributed by atoms with Crippen LogP contribution in [0.25, 0.3) is 11.0 Å². The maximum absolute atomic E-state index is 4.88. The Morgan fingerprint density at radius 2 is 2.17 bits per heavy atom. The van der Waals surface area contributed by atoms with Crippen molar-refractivity contribution >= 4 is 11.0 Å². The van der Waals surface area contributed by atoms with Crippen LogP contribution in [0.5, 0.6) is 0 Å². The molecule has 1 N–H and O–H groups in total. The zero-order valence-corrected chi connectivity index (χ0v) is 11.2. The molecule has 18 heavy (non-hydrogen) atoms. The molecule has 3 nitrogen and oxygen atoms in total. The first kappa shape index (κ1) is 11.7. The van der Waals surface area contributed by atoms with Crippen LogP contribution in [0.2, 0.25) is 0 Å². The lowest BCUT2D eigenvalue weighted by Crippen LogP contribution is -2.45. The van der Waals surface area contributed by atoms with E-state index in [2.05, 4.69) is 48.0 Å². The van der Waals surface area contributed by atoms with Crippen LogP contribution in [0.4, 0.5) is 0 Å². The molecular weight excluding hydrogens is 222 g/mol. The molecule has 1 aromatic carbocycles. The summed E-state index contributed by atoms with van der Waals surface area (Å²) in [5, 5.41) is 3.66. The quantitative estimate of drug-likeness (QED) is 0.878. The number of hydrogen-bond acceptors (Lipinski definition) is 2. The molecule has 1 unspecified atom stereocenters. The van der Waals surface area contributed by atoms with Gasteiger partial charge in [0.15, 0.2) is 0 Å². The summed E-state index contributed by atoms with van der Waals surface area (Å²) < 4.78 is 2.35. The van der Waals surface area contributed by atoms with Gasteiger partial charge in [0.05, 0.1) is 16.6 Å². The molecule has 96 valence electrons. The van der Waals surface area contributed by atoms with Gasteiger partial charge in [-0.25, -0.2) is 4.98 Å². The topological polar surface area (TPSA) is 29.9 Å². The van der Waals surface area contributed by atoms with E-state index in [0.717, 1.165) is 18.6 Å². The standard InChI is InChI=1S/C15H21N3/c1-3-18-13-9-5-4-8-12(13)17-14(18)15(2)10-6-7-11-16-15/h4-5,8-9,16H,3,6-7,10-11H2,1-2H3. The molecule has 1 saturated heterocycles. The first-order chi connectivity index (χ1) is 8.74. The number of piperidine rings is 1. The Bertz CT molecular complexity index is 550. The molecule has 1 aliphatic heterocycles. The zero-order chi connectivity index (χ0) is 12.6. The minimum Gasteiger partial charge on any atom is -0.327 e. The minimum absolute atomic E-state index is 0.0350. The van der Waals surface area contributed by atoms with Crippen LogP contribution in [-0.4, -0.2) is 16.1 Å². The zero-order valence-electron chi connectivity index (χ0n) is 11.2. The molecule has 3 rings (SSSR count). The highest BCUT2D eigenvalue weighted by atomic mass is 15.1. The lowest BCUT2D eigenvalue weighted by molar-refractivity contribution is 0.262. The van der Waals surface area contributed by atoms with Crippen molar-refractivity contribution in [1.29, 1.82) is 0 Å². The van der Waals surface area contributed by atoms with Crippen molar-refractivity contribution in [2.75, 3.05) is 6.54 Å². The molecule has 3 heteroatoms. The van der Waals surface area contributed by atoms with Gasteiger partial charge in [0.2, 0.25) is 0 Å². The number of hydrogen-bond donors (Lipinski definition) is 1. The van der Waals surface area contributed by atoms with Crippen LogP contribution in [0.1, 0.15) is 38.9 Å². The fourth-order valence-electron chi connectivity index (χ4n) is 3.06. The van der Waals surface area contributed by atoms with Crippen molar-refractivity contribution < 1.29 is 0 Å². The van der Waals surface area contributed by atoms with E-state index in [-0.39, 0.29) is 5.54 Å². The largest absolute Gasteiger partial charge is 0.327 e. The highest BCUT2D eigenvalue weighted by Crippen LogP contribution is 2.31. The summed E-state index contributed by atoms with van der Waals surface area (Å²) in [6, 6.07) is 8.44. The van der Waals surface area contributed by atoms with Gasteiger partial charge in [0.1, 0.15) is 5.82 Å². The van der Waals surface area contributed by atoms with Crippen LogP contribution >= 0.6 is 0 Å². The highest BCUT2D eigenvalue weighted by Gasteiger charge is 2.33. The van der Waals surface area contributed by atoms with Crippen molar-refractivity contribution in [3.8, 4) is 0 Å². The summed E-state index contributed by atoms with van der Waals surface area (Å²) in [6.45, 7) is 6.57. The third-order valence-corrected chi connectivity index (χ3v) is 4.08. The molecule has 0 saturated carbocycles. The molecule has 1 atom stereocenters. The monoisotopic (exact) mass is 243 g/mol. The molecule has 2 heterocycles. The molecule has 0 aliphatic carbocycles. The van der Waals surface area contributed by atoms with E-state index in [9.17, 15) is 0 Å². The lowest BCUT2D eigenvalue weighted by atomic mass is 9.90. The molecule has 1 fully saturated rings. The van der Waals surface area contributed by atoms with E-state index in [0.29, 0.717) is 0 Å². The van der Waals surface area contributed by atoms with Crippen molar-refractivity contribution in [2.24, 2.45) is 0 Å². The number of benzene rings is 1. The van der Waals surface area contributed by atoms with E-state index in [4.69, 9.17) is 4.98 Å². The van der Waals surface area contributed by atoms with E-state index >= 15 is 0 Å². The third-order valence-electron chi connectivity index (χ3n) is 4.08. The van der Waals surface area contributed by atoms with E-state index in [1.807, 2.05) is 0 Å². The van der Waals surface area contributed by atoms with Gasteiger partial charge in [-0.1, -0.05) is 12.1 Å². The van der Waals surface area contributed by atoms with Crippen LogP contribution in [-0.2, 0) is 12.1 Å². The van der Waals surface area contributed by atoms with Crippen LogP contribution in [0.15, 0.2) is 24.3 Å². The third kappa shape index (κ3) is 1.74. The first-order valence-corrected chi connectivity index (χ1v) is 6.95. The SMILES string of the molecule is CCn1c(C2(C)CCCCN2)nc2ccccc21. The molecule has 1 aromatic heterocycles. The minimum atomic E-state index is 0.0350. The van der Waals surface area contributed by atoms with Crippen molar-refractivity contribution in [1.82, 2.24) is 14.9 Å². The second-order valence-corrected chi connectivity index (χ2v) is 5.38. The summed E-state index contributed by atoms with van der Waals surface area (Å²) in [6.07, 6.45) is 3.74. The second kappa shape index (κ2) is 4.39. The van der Waals surface area contributed by atoms with E-state index in [1.165, 1.54) is 30.6 Å². The lowest BCUT2D eigenvalue weighted by Gasteiger charge is -2.34. The summed E-state index contributed by atoms with van der Waals surface area (Å²) in [7, 11) is 0. The van der Waals surface area contributed by atoms with Gasteiger partial charge in [-0.05, 0) is 51.8 Å². The molecule has 0 spiro atoms. The second-order valence-electron chi connectivity index (χ2n) is 5.38. The fraction of sp³-hybridized carbons (Fsp3) is 0.533. The van der Waals surface area contributed by atoms with Gasteiger partial charge in [0.25, 0.3) is 0 Å². The maximum atomic E-state index is 4.88. The Hall–Kier alpha value is -1.35. The summed E-state index contributed by atoms with van der Waals surface area (Å²) in [4.78, 5) is 4.88. The first-order valence-electron chi connectivity index (χ1n) is 6.95. The van der Waals surface area contributed by atoms with Gasteiger partial charge in [-0.3, -0.25) is 0 Å². The predicted octanol–water partition coefficient (Wildman–Crippen LogP) is 3.04. The maximum Gasteiger partial charge on any atom is 0.129 e.